The molecule has 14 nitrogen and oxygen atoms in total. The number of amides is 1. The first kappa shape index (κ1) is 24.4. The summed E-state index contributed by atoms with van der Waals surface area (Å²) in [6.07, 6.45) is 4.03. The van der Waals surface area contributed by atoms with Gasteiger partial charge in [0.2, 0.25) is 5.96 Å². The van der Waals surface area contributed by atoms with Gasteiger partial charge in [-0.15, -0.1) is 5.10 Å². The molecule has 38 heavy (non-hydrogen) atoms. The Kier molecular flexibility index (Phi) is 5.17. The molecular weight excluding hydrogens is 492 g/mol. The SMILES string of the molecule is CC1(C)CCOc2c(C(=O)N[C@H]3CN4C(=N)NC(Cn5ccnn5)C5NC(=N)N(O)C54[C@@]3(C)O)cccc21. The molecule has 0 bridgehead atoms. The predicted octanol–water partition coefficient (Wildman–Crippen LogP) is -0.596. The first-order valence-corrected chi connectivity index (χ1v) is 12.6. The van der Waals surface area contributed by atoms with Gasteiger partial charge in [-0.3, -0.25) is 25.5 Å². The van der Waals surface area contributed by atoms with Gasteiger partial charge in [0.05, 0.1) is 43.0 Å². The van der Waals surface area contributed by atoms with Crippen LogP contribution in [0.5, 0.6) is 5.75 Å². The summed E-state index contributed by atoms with van der Waals surface area (Å²) in [5.74, 6) is -0.272. The van der Waals surface area contributed by atoms with E-state index in [4.69, 9.17) is 15.6 Å². The van der Waals surface area contributed by atoms with E-state index in [1.54, 1.807) is 16.9 Å². The van der Waals surface area contributed by atoms with Crippen LogP contribution in [-0.4, -0.2) is 95.6 Å². The van der Waals surface area contributed by atoms with E-state index < -0.39 is 35.3 Å². The molecule has 5 atom stereocenters. The van der Waals surface area contributed by atoms with E-state index >= 15 is 0 Å². The number of aromatic nitrogens is 3. The first-order valence-electron chi connectivity index (χ1n) is 12.6. The van der Waals surface area contributed by atoms with Crippen LogP contribution in [0.4, 0.5) is 0 Å². The number of hydroxylamine groups is 2. The number of carbonyl (C=O) groups is 1. The lowest BCUT2D eigenvalue weighted by Gasteiger charge is -2.53. The maximum Gasteiger partial charge on any atom is 0.255 e. The van der Waals surface area contributed by atoms with E-state index in [-0.39, 0.29) is 30.4 Å². The van der Waals surface area contributed by atoms with Gasteiger partial charge >= 0.3 is 0 Å². The molecule has 202 valence electrons. The maximum absolute atomic E-state index is 13.6. The zero-order valence-corrected chi connectivity index (χ0v) is 21.4. The van der Waals surface area contributed by atoms with Crippen LogP contribution in [0, 0.1) is 10.8 Å². The summed E-state index contributed by atoms with van der Waals surface area (Å²) in [6, 6.07) is 3.28. The summed E-state index contributed by atoms with van der Waals surface area (Å²) in [5, 5.41) is 57.9. The Bertz CT molecular complexity index is 1310. The van der Waals surface area contributed by atoms with Gasteiger partial charge in [0.15, 0.2) is 11.6 Å². The number of hydrogen-bond donors (Lipinski definition) is 7. The van der Waals surface area contributed by atoms with Crippen molar-refractivity contribution in [1.29, 1.82) is 10.8 Å². The molecule has 0 radical (unpaired) electrons. The summed E-state index contributed by atoms with van der Waals surface area (Å²) in [5.41, 5.74) is -2.29. The van der Waals surface area contributed by atoms with Crippen LogP contribution in [0.15, 0.2) is 30.6 Å². The second-order valence-corrected chi connectivity index (χ2v) is 11.2. The maximum atomic E-state index is 13.6. The molecule has 0 saturated carbocycles. The first-order chi connectivity index (χ1) is 18.0. The smallest absolute Gasteiger partial charge is 0.255 e. The second kappa shape index (κ2) is 8.04. The number of benzene rings is 1. The van der Waals surface area contributed by atoms with Gasteiger partial charge in [0.1, 0.15) is 11.4 Å². The van der Waals surface area contributed by atoms with Gasteiger partial charge in [0, 0.05) is 18.3 Å². The summed E-state index contributed by atoms with van der Waals surface area (Å²) in [7, 11) is 0. The Balaban J connectivity index is 1.35. The van der Waals surface area contributed by atoms with Crippen LogP contribution in [0.2, 0.25) is 0 Å². The Hall–Kier alpha value is -3.91. The van der Waals surface area contributed by atoms with Crippen molar-refractivity contribution in [3.05, 3.63) is 41.7 Å². The van der Waals surface area contributed by atoms with Crippen molar-refractivity contribution >= 4 is 17.8 Å². The molecule has 1 spiro atoms. The minimum atomic E-state index is -1.80. The normalized spacial score (nSPS) is 33.0. The van der Waals surface area contributed by atoms with Crippen molar-refractivity contribution < 1.29 is 19.8 Å². The lowest BCUT2D eigenvalue weighted by molar-refractivity contribution is -0.218. The average molecular weight is 525 g/mol. The van der Waals surface area contributed by atoms with Crippen LogP contribution in [0.3, 0.4) is 0 Å². The molecule has 1 amide bonds. The van der Waals surface area contributed by atoms with Gasteiger partial charge in [-0.05, 0) is 24.8 Å². The molecule has 7 N–H and O–H groups in total. The molecule has 1 aromatic heterocycles. The third kappa shape index (κ3) is 3.16. The van der Waals surface area contributed by atoms with Crippen LogP contribution >= 0.6 is 0 Å². The molecule has 4 aliphatic heterocycles. The number of nitrogens with zero attached hydrogens (tertiary/aromatic N) is 5. The standard InChI is InChI=1S/C24H32N10O4/c1-22(2)7-10-38-17-13(5-4-6-14(17)22)19(35)29-16-12-33-20(25)28-15(11-32-9-8-27-31-32)18-24(33,23(16,3)36)34(37)21(26)30-18/h4-6,8-9,15-16,18,36-37H,7,10-12H2,1-3H3,(H2,25,28)(H2,26,30)(H,29,35)/t15?,16-,18?,23-,24?/m0/s1. The predicted molar refractivity (Wildman–Crippen MR) is 134 cm³/mol. The number of ether oxygens (including phenoxy) is 1. The molecule has 3 unspecified atom stereocenters. The Morgan fingerprint density at radius 3 is 2.79 bits per heavy atom. The molecule has 5 heterocycles. The van der Waals surface area contributed by atoms with Crippen LogP contribution < -0.4 is 20.7 Å². The highest BCUT2D eigenvalue weighted by atomic mass is 16.5. The molecule has 4 aliphatic rings. The quantitative estimate of drug-likeness (QED) is 0.272. The highest BCUT2D eigenvalue weighted by Gasteiger charge is 2.75. The van der Waals surface area contributed by atoms with Gasteiger partial charge in [0.25, 0.3) is 5.91 Å². The summed E-state index contributed by atoms with van der Waals surface area (Å²) in [4.78, 5) is 15.1. The monoisotopic (exact) mass is 524 g/mol. The van der Waals surface area contributed by atoms with Crippen molar-refractivity contribution in [3.63, 3.8) is 0 Å². The summed E-state index contributed by atoms with van der Waals surface area (Å²) < 4.78 is 7.50. The number of guanidine groups is 2. The van der Waals surface area contributed by atoms with Crippen molar-refractivity contribution in [2.24, 2.45) is 0 Å². The molecule has 3 saturated heterocycles. The molecule has 2 aromatic rings. The topological polar surface area (TPSA) is 188 Å². The zero-order chi connectivity index (χ0) is 27.0. The van der Waals surface area contributed by atoms with Crippen molar-refractivity contribution in [2.45, 2.75) is 68.5 Å². The molecule has 6 rings (SSSR count). The third-order valence-electron chi connectivity index (χ3n) is 8.58. The fraction of sp³-hybridized carbons (Fsp3) is 0.542. The van der Waals surface area contributed by atoms with Gasteiger partial charge in [-0.2, -0.15) is 5.06 Å². The minimum absolute atomic E-state index is 0.0184. The Labute approximate surface area is 218 Å². The van der Waals surface area contributed by atoms with Crippen molar-refractivity contribution in [1.82, 2.24) is 40.9 Å². The number of fused-ring (bicyclic) bond motifs is 1. The van der Waals surface area contributed by atoms with E-state index in [0.717, 1.165) is 12.0 Å². The molecular formula is C24H32N10O4. The third-order valence-corrected chi connectivity index (χ3v) is 8.58. The number of carbonyl (C=O) groups excluding carboxylic acids is 1. The molecule has 1 aromatic carbocycles. The fourth-order valence-electron chi connectivity index (χ4n) is 6.48. The average Bonchev–Trinajstić information content (AvgIpc) is 3.53. The fourth-order valence-corrected chi connectivity index (χ4v) is 6.48. The largest absolute Gasteiger partial charge is 0.492 e. The van der Waals surface area contributed by atoms with Gasteiger partial charge < -0.3 is 30.7 Å². The van der Waals surface area contributed by atoms with Crippen molar-refractivity contribution in [2.75, 3.05) is 13.2 Å². The van der Waals surface area contributed by atoms with E-state index in [1.807, 2.05) is 12.1 Å². The number of nitrogens with one attached hydrogen (secondary N) is 5. The Morgan fingerprint density at radius 2 is 2.05 bits per heavy atom. The minimum Gasteiger partial charge on any atom is -0.492 e. The number of rotatable bonds is 4. The van der Waals surface area contributed by atoms with E-state index in [1.165, 1.54) is 18.0 Å². The molecule has 14 heteroatoms. The number of aliphatic hydroxyl groups is 1. The van der Waals surface area contributed by atoms with Gasteiger partial charge in [-0.25, -0.2) is 0 Å². The zero-order valence-electron chi connectivity index (χ0n) is 21.4. The highest BCUT2D eigenvalue weighted by Crippen LogP contribution is 2.48. The lowest BCUT2D eigenvalue weighted by Crippen LogP contribution is -2.80. The summed E-state index contributed by atoms with van der Waals surface area (Å²) in [6.45, 7) is 6.51. The van der Waals surface area contributed by atoms with Crippen LogP contribution in [-0.2, 0) is 12.0 Å². The van der Waals surface area contributed by atoms with Crippen LogP contribution in [0.1, 0.15) is 43.1 Å². The lowest BCUT2D eigenvalue weighted by atomic mass is 9.77. The molecule has 3 fully saturated rings. The van der Waals surface area contributed by atoms with Gasteiger partial charge in [-0.1, -0.05) is 31.2 Å². The van der Waals surface area contributed by atoms with E-state index in [9.17, 15) is 15.1 Å². The summed E-state index contributed by atoms with van der Waals surface area (Å²) >= 11 is 0. The second-order valence-electron chi connectivity index (χ2n) is 11.2. The van der Waals surface area contributed by atoms with E-state index in [0.29, 0.717) is 23.0 Å². The number of para-hydroxylation sites is 1. The highest BCUT2D eigenvalue weighted by molar-refractivity contribution is 5.98. The van der Waals surface area contributed by atoms with Crippen LogP contribution in [0.25, 0.3) is 0 Å². The van der Waals surface area contributed by atoms with E-state index in [2.05, 4.69) is 40.1 Å². The Morgan fingerprint density at radius 1 is 1.26 bits per heavy atom. The molecule has 0 aliphatic carbocycles. The van der Waals surface area contributed by atoms with Crippen molar-refractivity contribution in [3.8, 4) is 5.75 Å². The number of hydrogen-bond acceptors (Lipinski definition) is 8.